The Hall–Kier alpha value is -4.53. The van der Waals surface area contributed by atoms with Crippen molar-refractivity contribution in [3.8, 4) is 5.75 Å². The highest BCUT2D eigenvalue weighted by Gasteiger charge is 2.24. The Balaban J connectivity index is 1.59. The Kier molecular flexibility index (Phi) is 5.86. The molecule has 4 rings (SSSR count). The molecule has 9 heteroatoms. The van der Waals surface area contributed by atoms with Gasteiger partial charge in [-0.2, -0.15) is 0 Å². The molecule has 1 N–H and O–H groups in total. The summed E-state index contributed by atoms with van der Waals surface area (Å²) in [7, 11) is 0. The van der Waals surface area contributed by atoms with Crippen LogP contribution in [0.3, 0.4) is 0 Å². The number of nitro groups is 1. The van der Waals surface area contributed by atoms with Crippen LogP contribution in [0.15, 0.2) is 71.1 Å². The average molecular weight is 448 g/mol. The minimum atomic E-state index is -0.614. The zero-order valence-corrected chi connectivity index (χ0v) is 17.3. The number of nitrogens with one attached hydrogen (secondary N) is 1. The summed E-state index contributed by atoms with van der Waals surface area (Å²) in [6.07, 6.45) is 0. The van der Waals surface area contributed by atoms with E-state index < -0.39 is 29.0 Å². The highest BCUT2D eigenvalue weighted by Crippen LogP contribution is 2.33. The molecule has 0 unspecified atom stereocenters. The van der Waals surface area contributed by atoms with E-state index in [1.165, 1.54) is 36.4 Å². The zero-order chi connectivity index (χ0) is 23.5. The van der Waals surface area contributed by atoms with Crippen molar-refractivity contribution >= 4 is 34.0 Å². The van der Waals surface area contributed by atoms with Gasteiger partial charge in [-0.1, -0.05) is 30.3 Å². The van der Waals surface area contributed by atoms with Crippen LogP contribution in [0.4, 0.5) is 15.8 Å². The van der Waals surface area contributed by atoms with Crippen LogP contribution in [-0.4, -0.2) is 23.2 Å². The van der Waals surface area contributed by atoms with Gasteiger partial charge in [-0.25, -0.2) is 4.39 Å². The van der Waals surface area contributed by atoms with Crippen LogP contribution >= 0.6 is 0 Å². The molecule has 0 fully saturated rings. The standard InChI is InChI=1S/C24H17FN2O6/c1-14-9-10-15(11-19(14)25)23(29)24-22(18-7-2-3-8-20(18)33-24)26-21(28)13-32-17-6-4-5-16(12-17)27(30)31/h2-12H,13H2,1H3,(H,26,28). The topological polar surface area (TPSA) is 112 Å². The van der Waals surface area contributed by atoms with Gasteiger partial charge in [-0.05, 0) is 36.8 Å². The lowest BCUT2D eigenvalue weighted by molar-refractivity contribution is -0.384. The van der Waals surface area contributed by atoms with Gasteiger partial charge < -0.3 is 14.5 Å². The van der Waals surface area contributed by atoms with Crippen molar-refractivity contribution in [1.29, 1.82) is 0 Å². The molecule has 0 atom stereocenters. The number of furan rings is 1. The third-order valence-electron chi connectivity index (χ3n) is 4.90. The molecule has 3 aromatic carbocycles. The summed E-state index contributed by atoms with van der Waals surface area (Å²) >= 11 is 0. The molecule has 8 nitrogen and oxygen atoms in total. The monoisotopic (exact) mass is 448 g/mol. The van der Waals surface area contributed by atoms with E-state index >= 15 is 0 Å². The number of hydrogen-bond acceptors (Lipinski definition) is 6. The van der Waals surface area contributed by atoms with Crippen LogP contribution in [0.5, 0.6) is 5.75 Å². The molecule has 0 radical (unpaired) electrons. The Labute approximate surface area is 186 Å². The molecule has 4 aromatic rings. The summed E-state index contributed by atoms with van der Waals surface area (Å²) in [6.45, 7) is 1.12. The number of carbonyl (C=O) groups is 2. The molecule has 0 saturated heterocycles. The number of fused-ring (bicyclic) bond motifs is 1. The van der Waals surface area contributed by atoms with Crippen molar-refractivity contribution in [1.82, 2.24) is 0 Å². The second-order valence-corrected chi connectivity index (χ2v) is 7.19. The van der Waals surface area contributed by atoms with Crippen molar-refractivity contribution < 1.29 is 28.1 Å². The first-order chi connectivity index (χ1) is 15.8. The molecular formula is C24H17FN2O6. The second kappa shape index (κ2) is 8.91. The van der Waals surface area contributed by atoms with Crippen molar-refractivity contribution in [2.75, 3.05) is 11.9 Å². The first-order valence-electron chi connectivity index (χ1n) is 9.83. The van der Waals surface area contributed by atoms with E-state index in [-0.39, 0.29) is 28.4 Å². The molecule has 0 spiro atoms. The summed E-state index contributed by atoms with van der Waals surface area (Å²) in [4.78, 5) is 35.9. The molecule has 1 aromatic heterocycles. The lowest BCUT2D eigenvalue weighted by Crippen LogP contribution is -2.21. The molecule has 33 heavy (non-hydrogen) atoms. The number of nitrogens with zero attached hydrogens (tertiary/aromatic N) is 1. The molecule has 0 saturated carbocycles. The number of carbonyl (C=O) groups excluding carboxylic acids is 2. The van der Waals surface area contributed by atoms with Crippen LogP contribution in [-0.2, 0) is 4.79 Å². The van der Waals surface area contributed by atoms with E-state index in [4.69, 9.17) is 9.15 Å². The first kappa shape index (κ1) is 21.7. The van der Waals surface area contributed by atoms with Crippen LogP contribution in [0.1, 0.15) is 21.7 Å². The number of hydrogen-bond donors (Lipinski definition) is 1. The minimum Gasteiger partial charge on any atom is -0.484 e. The highest BCUT2D eigenvalue weighted by atomic mass is 19.1. The minimum absolute atomic E-state index is 0.0699. The van der Waals surface area contributed by atoms with E-state index in [2.05, 4.69) is 5.32 Å². The quantitative estimate of drug-likeness (QED) is 0.241. The third-order valence-corrected chi connectivity index (χ3v) is 4.90. The largest absolute Gasteiger partial charge is 0.484 e. The van der Waals surface area contributed by atoms with E-state index in [0.717, 1.165) is 6.07 Å². The van der Waals surface area contributed by atoms with Crippen molar-refractivity contribution in [2.45, 2.75) is 6.92 Å². The van der Waals surface area contributed by atoms with Gasteiger partial charge in [-0.3, -0.25) is 19.7 Å². The van der Waals surface area contributed by atoms with Gasteiger partial charge in [0.2, 0.25) is 5.78 Å². The number of aryl methyl sites for hydroxylation is 1. The normalized spacial score (nSPS) is 10.7. The number of para-hydroxylation sites is 1. The van der Waals surface area contributed by atoms with Gasteiger partial charge in [0.05, 0.1) is 16.7 Å². The Bertz CT molecular complexity index is 1390. The maximum absolute atomic E-state index is 14.0. The van der Waals surface area contributed by atoms with Crippen molar-refractivity contribution in [3.05, 3.63) is 99.5 Å². The van der Waals surface area contributed by atoms with Crippen LogP contribution in [0.25, 0.3) is 11.0 Å². The summed E-state index contributed by atoms with van der Waals surface area (Å²) < 4.78 is 25.0. The first-order valence-corrected chi connectivity index (χ1v) is 9.83. The fraction of sp³-hybridized carbons (Fsp3) is 0.0833. The zero-order valence-electron chi connectivity index (χ0n) is 17.3. The fourth-order valence-electron chi connectivity index (χ4n) is 3.21. The number of ether oxygens (including phenoxy) is 1. The lowest BCUT2D eigenvalue weighted by atomic mass is 10.0. The summed E-state index contributed by atoms with van der Waals surface area (Å²) in [6, 6.07) is 16.2. The second-order valence-electron chi connectivity index (χ2n) is 7.19. The number of ketones is 1. The molecule has 166 valence electrons. The molecule has 1 amide bonds. The van der Waals surface area contributed by atoms with E-state index in [0.29, 0.717) is 16.5 Å². The molecule has 0 aliphatic heterocycles. The SMILES string of the molecule is Cc1ccc(C(=O)c2oc3ccccc3c2NC(=O)COc2cccc([N+](=O)[O-])c2)cc1F. The smallest absolute Gasteiger partial charge is 0.273 e. The fourth-order valence-corrected chi connectivity index (χ4v) is 3.21. The van der Waals surface area contributed by atoms with Gasteiger partial charge in [0.25, 0.3) is 11.6 Å². The van der Waals surface area contributed by atoms with Crippen LogP contribution < -0.4 is 10.1 Å². The van der Waals surface area contributed by atoms with Gasteiger partial charge >= 0.3 is 0 Å². The summed E-state index contributed by atoms with van der Waals surface area (Å²) in [5, 5.41) is 14.0. The third kappa shape index (κ3) is 4.57. The van der Waals surface area contributed by atoms with Gasteiger partial charge in [-0.15, -0.1) is 0 Å². The van der Waals surface area contributed by atoms with E-state index in [9.17, 15) is 24.1 Å². The van der Waals surface area contributed by atoms with Crippen molar-refractivity contribution in [3.63, 3.8) is 0 Å². The number of nitro benzene ring substituents is 1. The van der Waals surface area contributed by atoms with Crippen LogP contribution in [0, 0.1) is 22.9 Å². The maximum atomic E-state index is 14.0. The lowest BCUT2D eigenvalue weighted by Gasteiger charge is -2.08. The summed E-state index contributed by atoms with van der Waals surface area (Å²) in [5.74, 6) is -1.75. The number of benzene rings is 3. The number of halogens is 1. The van der Waals surface area contributed by atoms with Gasteiger partial charge in [0.1, 0.15) is 17.1 Å². The Morgan fingerprint density at radius 2 is 1.88 bits per heavy atom. The molecule has 0 aliphatic carbocycles. The van der Waals surface area contributed by atoms with E-state index in [1.807, 2.05) is 0 Å². The maximum Gasteiger partial charge on any atom is 0.273 e. The van der Waals surface area contributed by atoms with E-state index in [1.54, 1.807) is 31.2 Å². The van der Waals surface area contributed by atoms with Gasteiger partial charge in [0.15, 0.2) is 12.4 Å². The van der Waals surface area contributed by atoms with Crippen LogP contribution in [0.2, 0.25) is 0 Å². The Morgan fingerprint density at radius 1 is 1.09 bits per heavy atom. The Morgan fingerprint density at radius 3 is 2.64 bits per heavy atom. The summed E-state index contributed by atoms with van der Waals surface area (Å²) in [5.41, 5.74) is 0.781. The molecule has 0 bridgehead atoms. The molecule has 0 aliphatic rings. The predicted molar refractivity (Wildman–Crippen MR) is 118 cm³/mol. The highest BCUT2D eigenvalue weighted by molar-refractivity contribution is 6.17. The number of amides is 1. The number of non-ortho nitro benzene ring substituents is 1. The predicted octanol–water partition coefficient (Wildman–Crippen LogP) is 5.04. The average Bonchev–Trinajstić information content (AvgIpc) is 3.17. The van der Waals surface area contributed by atoms with Crippen molar-refractivity contribution in [2.24, 2.45) is 0 Å². The molecular weight excluding hydrogens is 431 g/mol. The van der Waals surface area contributed by atoms with Gasteiger partial charge in [0, 0.05) is 17.0 Å². The molecule has 1 heterocycles. The number of anilines is 1. The number of rotatable bonds is 7.